The van der Waals surface area contributed by atoms with Crippen LogP contribution in [0.4, 0.5) is 4.39 Å². The third-order valence-corrected chi connectivity index (χ3v) is 4.54. The summed E-state index contributed by atoms with van der Waals surface area (Å²) in [6.07, 6.45) is 3.59. The molecule has 4 nitrogen and oxygen atoms in total. The molecule has 2 heterocycles. The molecular weight excluding hydrogens is 283 g/mol. The lowest BCUT2D eigenvalue weighted by Crippen LogP contribution is -2.52. The Morgan fingerprint density at radius 1 is 1.45 bits per heavy atom. The normalized spacial score (nSPS) is 28.2. The van der Waals surface area contributed by atoms with Gasteiger partial charge in [-0.1, -0.05) is 17.3 Å². The predicted molar refractivity (Wildman–Crippen MR) is 82.1 cm³/mol. The van der Waals surface area contributed by atoms with E-state index in [1.165, 1.54) is 12.1 Å². The second-order valence-electron chi connectivity index (χ2n) is 6.39. The number of rotatable bonds is 2. The zero-order valence-corrected chi connectivity index (χ0v) is 13.0. The van der Waals surface area contributed by atoms with Gasteiger partial charge in [0.2, 0.25) is 5.60 Å². The van der Waals surface area contributed by atoms with E-state index < -0.39 is 5.60 Å². The van der Waals surface area contributed by atoms with Crippen molar-refractivity contribution in [2.45, 2.75) is 51.2 Å². The molecule has 1 fully saturated rings. The summed E-state index contributed by atoms with van der Waals surface area (Å²) in [5.41, 5.74) is 0.316. The van der Waals surface area contributed by atoms with Crippen molar-refractivity contribution in [1.29, 1.82) is 0 Å². The number of hydrogen-bond donors (Lipinski definition) is 0. The minimum absolute atomic E-state index is 0.0187. The largest absolute Gasteiger partial charge is 0.379 e. The Morgan fingerprint density at radius 2 is 2.27 bits per heavy atom. The van der Waals surface area contributed by atoms with Crippen LogP contribution in [0.5, 0.6) is 0 Å². The molecular formula is C17H21FN2O2. The molecule has 22 heavy (non-hydrogen) atoms. The first-order valence-corrected chi connectivity index (χ1v) is 7.82. The summed E-state index contributed by atoms with van der Waals surface area (Å²) < 4.78 is 13.3. The number of benzene rings is 1. The number of nitrogens with zero attached hydrogens (tertiary/aromatic N) is 2. The fourth-order valence-electron chi connectivity index (χ4n) is 3.18. The number of hydrogen-bond acceptors (Lipinski definition) is 3. The third kappa shape index (κ3) is 2.72. The minimum atomic E-state index is -0.979. The second kappa shape index (κ2) is 5.71. The van der Waals surface area contributed by atoms with Gasteiger partial charge < -0.3 is 9.74 Å². The molecule has 2 aliphatic heterocycles. The second-order valence-corrected chi connectivity index (χ2v) is 6.39. The summed E-state index contributed by atoms with van der Waals surface area (Å²) in [7, 11) is 0. The summed E-state index contributed by atoms with van der Waals surface area (Å²) >= 11 is 0. The lowest BCUT2D eigenvalue weighted by molar-refractivity contribution is -0.156. The molecule has 0 saturated carbocycles. The molecule has 0 aromatic heterocycles. The first kappa shape index (κ1) is 15.0. The molecule has 2 aliphatic rings. The number of halogens is 1. The number of piperidine rings is 1. The first-order valence-electron chi connectivity index (χ1n) is 7.82. The summed E-state index contributed by atoms with van der Waals surface area (Å²) in [6, 6.07) is 6.46. The first-order chi connectivity index (χ1) is 10.5. The van der Waals surface area contributed by atoms with Crippen LogP contribution in [0.1, 0.15) is 45.1 Å². The molecule has 2 atom stereocenters. The Hall–Kier alpha value is -1.91. The van der Waals surface area contributed by atoms with E-state index >= 15 is 0 Å². The highest BCUT2D eigenvalue weighted by molar-refractivity contribution is 6.05. The molecule has 1 amide bonds. The molecule has 5 heteroatoms. The summed E-state index contributed by atoms with van der Waals surface area (Å²) in [6.45, 7) is 4.62. The van der Waals surface area contributed by atoms with Gasteiger partial charge in [-0.25, -0.2) is 4.39 Å². The third-order valence-electron chi connectivity index (χ3n) is 4.54. The van der Waals surface area contributed by atoms with E-state index in [1.54, 1.807) is 19.1 Å². The van der Waals surface area contributed by atoms with E-state index in [1.807, 2.05) is 4.90 Å². The summed E-state index contributed by atoms with van der Waals surface area (Å²) in [5, 5.41) is 4.04. The number of amides is 1. The maximum Gasteiger partial charge on any atom is 0.269 e. The van der Waals surface area contributed by atoms with E-state index in [2.05, 4.69) is 12.1 Å². The molecule has 0 spiro atoms. The zero-order valence-electron chi connectivity index (χ0n) is 13.0. The average Bonchev–Trinajstić information content (AvgIpc) is 2.91. The van der Waals surface area contributed by atoms with Gasteiger partial charge in [0, 0.05) is 24.6 Å². The highest BCUT2D eigenvalue weighted by atomic mass is 19.1. The molecule has 0 aliphatic carbocycles. The van der Waals surface area contributed by atoms with Gasteiger partial charge in [-0.15, -0.1) is 0 Å². The van der Waals surface area contributed by atoms with Crippen molar-refractivity contribution in [2.75, 3.05) is 6.54 Å². The topological polar surface area (TPSA) is 41.9 Å². The maximum atomic E-state index is 13.3. The molecule has 1 aromatic rings. The van der Waals surface area contributed by atoms with Gasteiger partial charge in [0.05, 0.1) is 5.71 Å². The van der Waals surface area contributed by atoms with Gasteiger partial charge in [-0.3, -0.25) is 4.79 Å². The van der Waals surface area contributed by atoms with Gasteiger partial charge in [0.1, 0.15) is 5.82 Å². The van der Waals surface area contributed by atoms with E-state index in [0.29, 0.717) is 17.7 Å². The number of likely N-dealkylation sites (tertiary alicyclic amines) is 1. The minimum Gasteiger partial charge on any atom is -0.379 e. The molecule has 0 unspecified atom stereocenters. The summed E-state index contributed by atoms with van der Waals surface area (Å²) in [5.74, 6) is -0.334. The SMILES string of the molecule is C[C@H]1CCCCN1C(=O)[C@@]1(C)CC(c2cccc(F)c2)=NO1. The van der Waals surface area contributed by atoms with Crippen LogP contribution in [-0.4, -0.2) is 34.7 Å². The van der Waals surface area contributed by atoms with Gasteiger partial charge in [0.25, 0.3) is 5.91 Å². The summed E-state index contributed by atoms with van der Waals surface area (Å²) in [4.78, 5) is 20.2. The zero-order chi connectivity index (χ0) is 15.7. The van der Waals surface area contributed by atoms with Crippen LogP contribution in [-0.2, 0) is 9.63 Å². The van der Waals surface area contributed by atoms with Gasteiger partial charge in [0.15, 0.2) is 0 Å². The van der Waals surface area contributed by atoms with Crippen LogP contribution in [0.15, 0.2) is 29.4 Å². The number of carbonyl (C=O) groups excluding carboxylic acids is 1. The lowest BCUT2D eigenvalue weighted by Gasteiger charge is -2.37. The number of carbonyl (C=O) groups is 1. The highest BCUT2D eigenvalue weighted by Crippen LogP contribution is 2.31. The Balaban J connectivity index is 1.75. The van der Waals surface area contributed by atoms with Crippen molar-refractivity contribution in [3.8, 4) is 0 Å². The van der Waals surface area contributed by atoms with Crippen LogP contribution in [0.3, 0.4) is 0 Å². The van der Waals surface area contributed by atoms with Crippen molar-refractivity contribution < 1.29 is 14.0 Å². The van der Waals surface area contributed by atoms with Crippen molar-refractivity contribution in [1.82, 2.24) is 4.90 Å². The van der Waals surface area contributed by atoms with Crippen LogP contribution in [0.2, 0.25) is 0 Å². The molecule has 1 saturated heterocycles. The maximum absolute atomic E-state index is 13.3. The average molecular weight is 304 g/mol. The van der Waals surface area contributed by atoms with Crippen molar-refractivity contribution in [3.63, 3.8) is 0 Å². The van der Waals surface area contributed by atoms with Gasteiger partial charge in [-0.05, 0) is 45.2 Å². The van der Waals surface area contributed by atoms with Crippen molar-refractivity contribution in [3.05, 3.63) is 35.6 Å². The van der Waals surface area contributed by atoms with E-state index in [4.69, 9.17) is 4.84 Å². The molecule has 0 N–H and O–H groups in total. The van der Waals surface area contributed by atoms with Crippen LogP contribution >= 0.6 is 0 Å². The van der Waals surface area contributed by atoms with E-state index in [-0.39, 0.29) is 17.8 Å². The predicted octanol–water partition coefficient (Wildman–Crippen LogP) is 3.11. The molecule has 0 bridgehead atoms. The quantitative estimate of drug-likeness (QED) is 0.842. The Morgan fingerprint density at radius 3 is 3.00 bits per heavy atom. The molecule has 3 rings (SSSR count). The molecule has 0 radical (unpaired) electrons. The van der Waals surface area contributed by atoms with Crippen LogP contribution < -0.4 is 0 Å². The van der Waals surface area contributed by atoms with Crippen molar-refractivity contribution in [2.24, 2.45) is 5.16 Å². The highest BCUT2D eigenvalue weighted by Gasteiger charge is 2.45. The number of oxime groups is 1. The Kier molecular flexibility index (Phi) is 3.89. The fraction of sp³-hybridized carbons (Fsp3) is 0.529. The van der Waals surface area contributed by atoms with Gasteiger partial charge in [-0.2, -0.15) is 0 Å². The molecule has 1 aromatic carbocycles. The fourth-order valence-corrected chi connectivity index (χ4v) is 3.18. The van der Waals surface area contributed by atoms with Crippen LogP contribution in [0, 0.1) is 5.82 Å². The van der Waals surface area contributed by atoms with E-state index in [0.717, 1.165) is 25.8 Å². The smallest absolute Gasteiger partial charge is 0.269 e. The monoisotopic (exact) mass is 304 g/mol. The van der Waals surface area contributed by atoms with Crippen LogP contribution in [0.25, 0.3) is 0 Å². The van der Waals surface area contributed by atoms with Gasteiger partial charge >= 0.3 is 0 Å². The molecule has 118 valence electrons. The Labute approximate surface area is 129 Å². The van der Waals surface area contributed by atoms with E-state index in [9.17, 15) is 9.18 Å². The van der Waals surface area contributed by atoms with Crippen molar-refractivity contribution >= 4 is 11.6 Å². The standard InChI is InChI=1S/C17H21FN2O2/c1-12-6-3-4-9-20(12)16(21)17(2)11-15(19-22-17)13-7-5-8-14(18)10-13/h5,7-8,10,12H,3-4,6,9,11H2,1-2H3/t12-,17+/m0/s1. The lowest BCUT2D eigenvalue weighted by atomic mass is 9.92. The Bertz CT molecular complexity index is 616.